The van der Waals surface area contributed by atoms with Crippen LogP contribution in [0.25, 0.3) is 0 Å². The lowest BCUT2D eigenvalue weighted by atomic mass is 10.1. The second kappa shape index (κ2) is 8.65. The Balaban J connectivity index is 2.03. The molecule has 9 nitrogen and oxygen atoms in total. The molecule has 27 heavy (non-hydrogen) atoms. The second-order valence-electron chi connectivity index (χ2n) is 5.45. The number of nitrogens with zero attached hydrogens (tertiary/aromatic N) is 1. The van der Waals surface area contributed by atoms with E-state index in [4.69, 9.17) is 14.2 Å². The fourth-order valence-corrected chi connectivity index (χ4v) is 2.25. The van der Waals surface area contributed by atoms with E-state index in [1.54, 1.807) is 25.1 Å². The number of aryl methyl sites for hydroxylation is 1. The van der Waals surface area contributed by atoms with E-state index in [9.17, 15) is 19.7 Å². The van der Waals surface area contributed by atoms with Gasteiger partial charge in [-0.05, 0) is 25.1 Å². The fourth-order valence-electron chi connectivity index (χ4n) is 2.25. The van der Waals surface area contributed by atoms with Gasteiger partial charge in [0.1, 0.15) is 11.5 Å². The summed E-state index contributed by atoms with van der Waals surface area (Å²) in [7, 11) is 2.93. The minimum absolute atomic E-state index is 0.0148. The number of nitro groups is 1. The van der Waals surface area contributed by atoms with Crippen molar-refractivity contribution in [3.63, 3.8) is 0 Å². The molecule has 2 aromatic rings. The maximum absolute atomic E-state index is 12.1. The Kier molecular flexibility index (Phi) is 6.32. The van der Waals surface area contributed by atoms with Gasteiger partial charge in [0.15, 0.2) is 6.61 Å². The number of esters is 1. The van der Waals surface area contributed by atoms with E-state index in [1.807, 2.05) is 0 Å². The molecule has 0 bridgehead atoms. The Morgan fingerprint density at radius 3 is 2.48 bits per heavy atom. The molecule has 2 aromatic carbocycles. The van der Waals surface area contributed by atoms with E-state index < -0.39 is 23.4 Å². The van der Waals surface area contributed by atoms with Crippen LogP contribution in [0.3, 0.4) is 0 Å². The molecule has 0 saturated carbocycles. The number of amides is 1. The summed E-state index contributed by atoms with van der Waals surface area (Å²) in [6.07, 6.45) is 0. The van der Waals surface area contributed by atoms with Crippen LogP contribution in [0.15, 0.2) is 36.4 Å². The minimum atomic E-state index is -0.842. The molecule has 1 N–H and O–H groups in total. The Labute approximate surface area is 155 Å². The lowest BCUT2D eigenvalue weighted by Crippen LogP contribution is -2.21. The number of methoxy groups -OCH3 is 2. The van der Waals surface area contributed by atoms with Gasteiger partial charge in [-0.1, -0.05) is 6.07 Å². The van der Waals surface area contributed by atoms with E-state index in [0.29, 0.717) is 22.7 Å². The molecule has 0 spiro atoms. The first kappa shape index (κ1) is 19.7. The Hall–Kier alpha value is -3.62. The van der Waals surface area contributed by atoms with Crippen LogP contribution >= 0.6 is 0 Å². The summed E-state index contributed by atoms with van der Waals surface area (Å²) < 4.78 is 15.2. The highest BCUT2D eigenvalue weighted by Gasteiger charge is 2.17. The van der Waals surface area contributed by atoms with Crippen molar-refractivity contribution >= 4 is 23.3 Å². The number of benzene rings is 2. The quantitative estimate of drug-likeness (QED) is 0.450. The molecule has 2 rings (SSSR count). The van der Waals surface area contributed by atoms with Gasteiger partial charge in [-0.2, -0.15) is 0 Å². The summed E-state index contributed by atoms with van der Waals surface area (Å²) in [5, 5.41) is 13.5. The largest absolute Gasteiger partial charge is 0.497 e. The zero-order chi connectivity index (χ0) is 20.0. The summed E-state index contributed by atoms with van der Waals surface area (Å²) in [6, 6.07) is 8.79. The van der Waals surface area contributed by atoms with Crippen molar-refractivity contribution in [1.29, 1.82) is 0 Å². The zero-order valence-corrected chi connectivity index (χ0v) is 15.0. The Morgan fingerprint density at radius 1 is 1.11 bits per heavy atom. The van der Waals surface area contributed by atoms with Crippen molar-refractivity contribution in [2.45, 2.75) is 6.92 Å². The van der Waals surface area contributed by atoms with Crippen LogP contribution in [0.1, 0.15) is 15.9 Å². The SMILES string of the molecule is COc1ccc(OC)c(NC(=O)COC(=O)c2ccc(C)c([N+](=O)[O-])c2)c1. The molecule has 0 aliphatic carbocycles. The van der Waals surface area contributed by atoms with Gasteiger partial charge in [0, 0.05) is 17.7 Å². The summed E-state index contributed by atoms with van der Waals surface area (Å²) >= 11 is 0. The number of nitro benzene ring substituents is 1. The molecule has 0 heterocycles. The molecule has 0 radical (unpaired) electrons. The van der Waals surface area contributed by atoms with Gasteiger partial charge in [0.25, 0.3) is 11.6 Å². The van der Waals surface area contributed by atoms with Crippen molar-refractivity contribution < 1.29 is 28.7 Å². The van der Waals surface area contributed by atoms with Gasteiger partial charge in [0.2, 0.25) is 0 Å². The van der Waals surface area contributed by atoms with Crippen LogP contribution in [-0.2, 0) is 9.53 Å². The normalized spacial score (nSPS) is 10.0. The highest BCUT2D eigenvalue weighted by Crippen LogP contribution is 2.28. The summed E-state index contributed by atoms with van der Waals surface area (Å²) in [4.78, 5) is 34.5. The molecule has 142 valence electrons. The third kappa shape index (κ3) is 4.94. The van der Waals surface area contributed by atoms with Gasteiger partial charge in [-0.3, -0.25) is 14.9 Å². The van der Waals surface area contributed by atoms with Crippen molar-refractivity contribution in [2.75, 3.05) is 26.1 Å². The van der Waals surface area contributed by atoms with Gasteiger partial charge in [-0.25, -0.2) is 4.79 Å². The predicted octanol–water partition coefficient (Wildman–Crippen LogP) is 2.72. The number of carbonyl (C=O) groups is 2. The van der Waals surface area contributed by atoms with Crippen LogP contribution < -0.4 is 14.8 Å². The molecule has 0 unspecified atom stereocenters. The van der Waals surface area contributed by atoms with Crippen LogP contribution in [0.4, 0.5) is 11.4 Å². The number of nitrogens with one attached hydrogen (secondary N) is 1. The average molecular weight is 374 g/mol. The number of hydrogen-bond donors (Lipinski definition) is 1. The Bertz CT molecular complexity index is 880. The highest BCUT2D eigenvalue weighted by atomic mass is 16.6. The second-order valence-corrected chi connectivity index (χ2v) is 5.45. The maximum atomic E-state index is 12.1. The lowest BCUT2D eigenvalue weighted by molar-refractivity contribution is -0.385. The van der Waals surface area contributed by atoms with Crippen molar-refractivity contribution in [3.8, 4) is 11.5 Å². The molecule has 0 aromatic heterocycles. The van der Waals surface area contributed by atoms with Crippen molar-refractivity contribution in [3.05, 3.63) is 57.6 Å². The third-order valence-corrected chi connectivity index (χ3v) is 3.66. The van der Waals surface area contributed by atoms with E-state index in [2.05, 4.69) is 5.32 Å². The molecule has 0 aliphatic rings. The summed E-state index contributed by atoms with van der Waals surface area (Å²) in [5.74, 6) is -0.526. The first-order valence-corrected chi connectivity index (χ1v) is 7.79. The first-order valence-electron chi connectivity index (χ1n) is 7.79. The minimum Gasteiger partial charge on any atom is -0.497 e. The molecule has 0 atom stereocenters. The van der Waals surface area contributed by atoms with Crippen LogP contribution in [0.2, 0.25) is 0 Å². The molecule has 1 amide bonds. The summed E-state index contributed by atoms with van der Waals surface area (Å²) in [6.45, 7) is 0.989. The van der Waals surface area contributed by atoms with Crippen molar-refractivity contribution in [1.82, 2.24) is 0 Å². The standard InChI is InChI=1S/C18H18N2O7/c1-11-4-5-12(8-15(11)20(23)24)18(22)27-10-17(21)19-14-9-13(25-2)6-7-16(14)26-3/h4-9H,10H2,1-3H3,(H,19,21). The molecule has 0 saturated heterocycles. The molecular formula is C18H18N2O7. The third-order valence-electron chi connectivity index (χ3n) is 3.66. The van der Waals surface area contributed by atoms with Crippen molar-refractivity contribution in [2.24, 2.45) is 0 Å². The first-order chi connectivity index (χ1) is 12.8. The van der Waals surface area contributed by atoms with E-state index in [0.717, 1.165) is 6.07 Å². The number of anilines is 1. The van der Waals surface area contributed by atoms with E-state index in [1.165, 1.54) is 26.4 Å². The maximum Gasteiger partial charge on any atom is 0.338 e. The lowest BCUT2D eigenvalue weighted by Gasteiger charge is -2.12. The van der Waals surface area contributed by atoms with Crippen LogP contribution in [0, 0.1) is 17.0 Å². The number of carbonyl (C=O) groups excluding carboxylic acids is 2. The van der Waals surface area contributed by atoms with Gasteiger partial charge < -0.3 is 19.5 Å². The van der Waals surface area contributed by atoms with Crippen LogP contribution in [0.5, 0.6) is 11.5 Å². The number of ether oxygens (including phenoxy) is 3. The predicted molar refractivity (Wildman–Crippen MR) is 96.3 cm³/mol. The highest BCUT2D eigenvalue weighted by molar-refractivity contribution is 5.96. The zero-order valence-electron chi connectivity index (χ0n) is 15.0. The van der Waals surface area contributed by atoms with E-state index in [-0.39, 0.29) is 11.3 Å². The molecular weight excluding hydrogens is 356 g/mol. The smallest absolute Gasteiger partial charge is 0.338 e. The molecule has 9 heteroatoms. The molecule has 0 aliphatic heterocycles. The Morgan fingerprint density at radius 2 is 1.85 bits per heavy atom. The number of rotatable bonds is 7. The monoisotopic (exact) mass is 374 g/mol. The van der Waals surface area contributed by atoms with Gasteiger partial charge >= 0.3 is 5.97 Å². The fraction of sp³-hybridized carbons (Fsp3) is 0.222. The average Bonchev–Trinajstić information content (AvgIpc) is 2.66. The number of hydrogen-bond acceptors (Lipinski definition) is 7. The topological polar surface area (TPSA) is 117 Å². The van der Waals surface area contributed by atoms with Gasteiger partial charge in [0.05, 0.1) is 30.4 Å². The van der Waals surface area contributed by atoms with Crippen LogP contribution in [-0.4, -0.2) is 37.6 Å². The molecule has 0 fully saturated rings. The summed E-state index contributed by atoms with van der Waals surface area (Å²) in [5.41, 5.74) is 0.553. The van der Waals surface area contributed by atoms with Gasteiger partial charge in [-0.15, -0.1) is 0 Å². The van der Waals surface area contributed by atoms with E-state index >= 15 is 0 Å².